The van der Waals surface area contributed by atoms with E-state index < -0.39 is 21.9 Å². The van der Waals surface area contributed by atoms with Crippen molar-refractivity contribution >= 4 is 44.9 Å². The second-order valence-corrected chi connectivity index (χ2v) is 7.48. The zero-order chi connectivity index (χ0) is 19.3. The maximum Gasteiger partial charge on any atom is 0.339 e. The van der Waals surface area contributed by atoms with Crippen LogP contribution < -0.4 is 10.0 Å². The first-order chi connectivity index (χ1) is 12.2. The lowest BCUT2D eigenvalue weighted by Crippen LogP contribution is -2.14. The van der Waals surface area contributed by atoms with Crippen molar-refractivity contribution in [2.45, 2.75) is 6.92 Å². The minimum absolute atomic E-state index is 0.152. The number of rotatable bonds is 6. The van der Waals surface area contributed by atoms with Gasteiger partial charge >= 0.3 is 5.97 Å². The number of amides is 1. The second kappa shape index (κ2) is 8.20. The summed E-state index contributed by atoms with van der Waals surface area (Å²) >= 11 is 5.98. The molecule has 0 radical (unpaired) electrons. The summed E-state index contributed by atoms with van der Waals surface area (Å²) in [6.45, 7) is 1.89. The molecule has 0 spiro atoms. The number of anilines is 2. The summed E-state index contributed by atoms with van der Waals surface area (Å²) < 4.78 is 29.6. The topological polar surface area (TPSA) is 102 Å². The Morgan fingerprint density at radius 3 is 2.27 bits per heavy atom. The molecule has 2 N–H and O–H groups in total. The molecule has 0 aliphatic carbocycles. The molecule has 2 aromatic carbocycles. The van der Waals surface area contributed by atoms with Crippen molar-refractivity contribution in [2.75, 3.05) is 22.9 Å². The van der Waals surface area contributed by atoms with Gasteiger partial charge in [0.2, 0.25) is 10.0 Å². The number of nitrogens with one attached hydrogen (secondary N) is 2. The van der Waals surface area contributed by atoms with Crippen molar-refractivity contribution in [1.82, 2.24) is 0 Å². The van der Waals surface area contributed by atoms with E-state index in [0.29, 0.717) is 16.9 Å². The van der Waals surface area contributed by atoms with E-state index in [1.165, 1.54) is 36.4 Å². The van der Waals surface area contributed by atoms with Crippen LogP contribution >= 0.6 is 11.6 Å². The number of ether oxygens (including phenoxy) is 1. The molecule has 7 nitrogen and oxygen atoms in total. The molecule has 138 valence electrons. The zero-order valence-electron chi connectivity index (χ0n) is 14.1. The van der Waals surface area contributed by atoms with Gasteiger partial charge in [-0.15, -0.1) is 0 Å². The number of hydrogen-bond acceptors (Lipinski definition) is 5. The lowest BCUT2D eigenvalue weighted by Gasteiger charge is -2.09. The van der Waals surface area contributed by atoms with Crippen LogP contribution in [0.5, 0.6) is 0 Å². The van der Waals surface area contributed by atoms with E-state index in [2.05, 4.69) is 10.0 Å². The molecule has 0 bridgehead atoms. The van der Waals surface area contributed by atoms with Gasteiger partial charge in [-0.2, -0.15) is 0 Å². The lowest BCUT2D eigenvalue weighted by atomic mass is 10.1. The van der Waals surface area contributed by atoms with Crippen LogP contribution in [-0.4, -0.2) is 33.2 Å². The van der Waals surface area contributed by atoms with Gasteiger partial charge in [0.05, 0.1) is 23.4 Å². The van der Waals surface area contributed by atoms with E-state index in [1.54, 1.807) is 13.0 Å². The number of carbonyl (C=O) groups is 2. The Bertz CT molecular complexity index is 927. The van der Waals surface area contributed by atoms with Crippen LogP contribution in [0.15, 0.2) is 42.5 Å². The Morgan fingerprint density at radius 2 is 1.69 bits per heavy atom. The van der Waals surface area contributed by atoms with Gasteiger partial charge < -0.3 is 10.1 Å². The summed E-state index contributed by atoms with van der Waals surface area (Å²) in [5, 5.41) is 2.87. The number of halogens is 1. The summed E-state index contributed by atoms with van der Waals surface area (Å²) in [6.07, 6.45) is 1.04. The number of sulfonamides is 1. The largest absolute Gasteiger partial charge is 0.462 e. The fourth-order valence-electron chi connectivity index (χ4n) is 2.08. The number of esters is 1. The van der Waals surface area contributed by atoms with Crippen LogP contribution in [0, 0.1) is 0 Å². The first-order valence-corrected chi connectivity index (χ1v) is 9.82. The van der Waals surface area contributed by atoms with Crippen molar-refractivity contribution in [1.29, 1.82) is 0 Å². The van der Waals surface area contributed by atoms with Gasteiger partial charge in [0, 0.05) is 16.9 Å². The van der Waals surface area contributed by atoms with Crippen molar-refractivity contribution < 1.29 is 22.7 Å². The van der Waals surface area contributed by atoms with E-state index in [0.717, 1.165) is 6.26 Å². The predicted molar refractivity (Wildman–Crippen MR) is 100 cm³/mol. The summed E-state index contributed by atoms with van der Waals surface area (Å²) in [6, 6.07) is 10.4. The van der Waals surface area contributed by atoms with E-state index in [4.69, 9.17) is 16.3 Å². The molecule has 1 amide bonds. The first-order valence-electron chi connectivity index (χ1n) is 7.55. The third kappa shape index (κ3) is 5.47. The van der Waals surface area contributed by atoms with Crippen molar-refractivity contribution in [3.8, 4) is 0 Å². The highest BCUT2D eigenvalue weighted by atomic mass is 35.5. The Balaban J connectivity index is 2.14. The molecule has 2 aromatic rings. The van der Waals surface area contributed by atoms with Crippen LogP contribution in [0.1, 0.15) is 27.6 Å². The van der Waals surface area contributed by atoms with Crippen LogP contribution in [0.2, 0.25) is 5.02 Å². The Hall–Kier alpha value is -2.58. The number of carbonyl (C=O) groups excluding carboxylic acids is 2. The molecule has 0 saturated carbocycles. The SMILES string of the molecule is CCOC(=O)c1cc(NC(=O)c2ccc(NS(C)(=O)=O)cc2)ccc1Cl. The summed E-state index contributed by atoms with van der Waals surface area (Å²) in [5.41, 5.74) is 1.19. The average molecular weight is 397 g/mol. The normalized spacial score (nSPS) is 10.9. The van der Waals surface area contributed by atoms with Crippen LogP contribution in [-0.2, 0) is 14.8 Å². The number of benzene rings is 2. The highest BCUT2D eigenvalue weighted by Gasteiger charge is 2.14. The van der Waals surface area contributed by atoms with E-state index >= 15 is 0 Å². The van der Waals surface area contributed by atoms with E-state index in [9.17, 15) is 18.0 Å². The van der Waals surface area contributed by atoms with E-state index in [1.807, 2.05) is 0 Å². The van der Waals surface area contributed by atoms with Crippen LogP contribution in [0.4, 0.5) is 11.4 Å². The highest BCUT2D eigenvalue weighted by Crippen LogP contribution is 2.22. The second-order valence-electron chi connectivity index (χ2n) is 5.32. The van der Waals surface area contributed by atoms with Crippen molar-refractivity contribution in [3.63, 3.8) is 0 Å². The molecule has 0 atom stereocenters. The summed E-state index contributed by atoms with van der Waals surface area (Å²) in [5.74, 6) is -1.00. The van der Waals surface area contributed by atoms with Gasteiger partial charge in [-0.3, -0.25) is 9.52 Å². The minimum atomic E-state index is -3.39. The van der Waals surface area contributed by atoms with Gasteiger partial charge in [0.15, 0.2) is 0 Å². The Morgan fingerprint density at radius 1 is 1.08 bits per heavy atom. The summed E-state index contributed by atoms with van der Waals surface area (Å²) in [7, 11) is -3.39. The molecule has 0 fully saturated rings. The molecule has 9 heteroatoms. The molecular weight excluding hydrogens is 380 g/mol. The minimum Gasteiger partial charge on any atom is -0.462 e. The quantitative estimate of drug-likeness (QED) is 0.730. The Labute approximate surface area is 156 Å². The first kappa shape index (κ1) is 19.7. The van der Waals surface area contributed by atoms with Crippen molar-refractivity contribution in [2.24, 2.45) is 0 Å². The smallest absolute Gasteiger partial charge is 0.339 e. The van der Waals surface area contributed by atoms with Gasteiger partial charge in [0.25, 0.3) is 5.91 Å². The molecular formula is C17H17ClN2O5S. The van der Waals surface area contributed by atoms with Gasteiger partial charge in [-0.05, 0) is 49.4 Å². The number of hydrogen-bond donors (Lipinski definition) is 2. The predicted octanol–water partition coefficient (Wildman–Crippen LogP) is 3.14. The Kier molecular flexibility index (Phi) is 6.23. The summed E-state index contributed by atoms with van der Waals surface area (Å²) in [4.78, 5) is 24.2. The molecule has 0 aliphatic heterocycles. The maximum absolute atomic E-state index is 12.3. The molecule has 0 saturated heterocycles. The molecule has 26 heavy (non-hydrogen) atoms. The fourth-order valence-corrected chi connectivity index (χ4v) is 2.83. The van der Waals surface area contributed by atoms with Crippen LogP contribution in [0.3, 0.4) is 0 Å². The van der Waals surface area contributed by atoms with Gasteiger partial charge in [-0.1, -0.05) is 11.6 Å². The maximum atomic E-state index is 12.3. The zero-order valence-corrected chi connectivity index (χ0v) is 15.6. The molecule has 0 aliphatic rings. The standard InChI is InChI=1S/C17H17ClN2O5S/c1-3-25-17(22)14-10-13(8-9-15(14)18)19-16(21)11-4-6-12(7-5-11)20-26(2,23)24/h4-10,20H,3H2,1-2H3,(H,19,21). The third-order valence-electron chi connectivity index (χ3n) is 3.17. The van der Waals surface area contributed by atoms with Gasteiger partial charge in [0.1, 0.15) is 0 Å². The lowest BCUT2D eigenvalue weighted by molar-refractivity contribution is 0.0526. The highest BCUT2D eigenvalue weighted by molar-refractivity contribution is 7.92. The molecule has 2 rings (SSSR count). The molecule has 0 aromatic heterocycles. The van der Waals surface area contributed by atoms with Crippen molar-refractivity contribution in [3.05, 3.63) is 58.6 Å². The fraction of sp³-hybridized carbons (Fsp3) is 0.176. The average Bonchev–Trinajstić information content (AvgIpc) is 2.56. The van der Waals surface area contributed by atoms with Gasteiger partial charge in [-0.25, -0.2) is 13.2 Å². The van der Waals surface area contributed by atoms with Crippen LogP contribution in [0.25, 0.3) is 0 Å². The van der Waals surface area contributed by atoms with E-state index in [-0.39, 0.29) is 17.2 Å². The third-order valence-corrected chi connectivity index (χ3v) is 4.11. The molecule has 0 heterocycles. The molecule has 0 unspecified atom stereocenters. The monoisotopic (exact) mass is 396 g/mol.